The summed E-state index contributed by atoms with van der Waals surface area (Å²) in [5.41, 5.74) is 2.45. The van der Waals surface area contributed by atoms with E-state index in [1.807, 2.05) is 16.8 Å². The second kappa shape index (κ2) is 7.95. The summed E-state index contributed by atoms with van der Waals surface area (Å²) in [6.07, 6.45) is 0.993. The van der Waals surface area contributed by atoms with Crippen molar-refractivity contribution >= 4 is 5.91 Å². The number of hydrogen-bond acceptors (Lipinski definition) is 2. The molecule has 0 N–H and O–H groups in total. The Morgan fingerprint density at radius 2 is 1.79 bits per heavy atom. The number of aryl methyl sites for hydroxylation is 1. The lowest BCUT2D eigenvalue weighted by atomic mass is 10.1. The number of likely N-dealkylation sites (N-methyl/N-ethyl adjacent to an activating group) is 1. The van der Waals surface area contributed by atoms with Gasteiger partial charge in [0.25, 0.3) is 0 Å². The summed E-state index contributed by atoms with van der Waals surface area (Å²) in [5, 5.41) is 0. The van der Waals surface area contributed by atoms with Crippen LogP contribution in [0.25, 0.3) is 0 Å². The SMILES string of the molecule is CCCN(Cc1ccc(C)cc1)C(=O)CN(C)CC. The highest BCUT2D eigenvalue weighted by atomic mass is 16.2. The van der Waals surface area contributed by atoms with E-state index in [9.17, 15) is 4.79 Å². The van der Waals surface area contributed by atoms with Crippen LogP contribution in [-0.2, 0) is 11.3 Å². The highest BCUT2D eigenvalue weighted by molar-refractivity contribution is 5.78. The van der Waals surface area contributed by atoms with Crippen molar-refractivity contribution in [2.24, 2.45) is 0 Å². The average molecular weight is 262 g/mol. The van der Waals surface area contributed by atoms with Gasteiger partial charge in [-0.15, -0.1) is 0 Å². The van der Waals surface area contributed by atoms with Crippen molar-refractivity contribution in [1.29, 1.82) is 0 Å². The molecule has 0 saturated heterocycles. The zero-order valence-electron chi connectivity index (χ0n) is 12.6. The van der Waals surface area contributed by atoms with Gasteiger partial charge in [-0.25, -0.2) is 0 Å². The van der Waals surface area contributed by atoms with E-state index in [2.05, 4.69) is 45.0 Å². The van der Waals surface area contributed by atoms with E-state index >= 15 is 0 Å². The summed E-state index contributed by atoms with van der Waals surface area (Å²) >= 11 is 0. The minimum absolute atomic E-state index is 0.215. The van der Waals surface area contributed by atoms with Crippen LogP contribution in [0.1, 0.15) is 31.4 Å². The third-order valence-corrected chi connectivity index (χ3v) is 3.29. The fraction of sp³-hybridized carbons (Fsp3) is 0.562. The second-order valence-corrected chi connectivity index (χ2v) is 5.13. The lowest BCUT2D eigenvalue weighted by Gasteiger charge is -2.25. The number of carbonyl (C=O) groups excluding carboxylic acids is 1. The van der Waals surface area contributed by atoms with Gasteiger partial charge in [-0.2, -0.15) is 0 Å². The van der Waals surface area contributed by atoms with Crippen LogP contribution in [-0.4, -0.2) is 42.4 Å². The molecule has 0 radical (unpaired) electrons. The Bertz CT molecular complexity index is 386. The van der Waals surface area contributed by atoms with Crippen molar-refractivity contribution in [3.05, 3.63) is 35.4 Å². The molecule has 0 aliphatic rings. The smallest absolute Gasteiger partial charge is 0.237 e. The Hall–Kier alpha value is -1.35. The van der Waals surface area contributed by atoms with E-state index in [0.29, 0.717) is 13.1 Å². The molecule has 1 aromatic rings. The van der Waals surface area contributed by atoms with E-state index in [1.54, 1.807) is 0 Å². The van der Waals surface area contributed by atoms with Gasteiger partial charge >= 0.3 is 0 Å². The highest BCUT2D eigenvalue weighted by Crippen LogP contribution is 2.08. The normalized spacial score (nSPS) is 10.8. The summed E-state index contributed by atoms with van der Waals surface area (Å²) in [6, 6.07) is 8.41. The van der Waals surface area contributed by atoms with Gasteiger partial charge in [0.1, 0.15) is 0 Å². The molecule has 1 aromatic carbocycles. The zero-order valence-corrected chi connectivity index (χ0v) is 12.6. The lowest BCUT2D eigenvalue weighted by molar-refractivity contribution is -0.132. The topological polar surface area (TPSA) is 23.6 Å². The van der Waals surface area contributed by atoms with Gasteiger partial charge in [-0.3, -0.25) is 9.69 Å². The van der Waals surface area contributed by atoms with Crippen molar-refractivity contribution < 1.29 is 4.79 Å². The molecule has 0 aliphatic heterocycles. The molecule has 1 amide bonds. The molecule has 0 fully saturated rings. The van der Waals surface area contributed by atoms with E-state index in [-0.39, 0.29) is 5.91 Å². The van der Waals surface area contributed by atoms with Crippen LogP contribution in [0, 0.1) is 6.92 Å². The molecular formula is C16H26N2O. The highest BCUT2D eigenvalue weighted by Gasteiger charge is 2.14. The Morgan fingerprint density at radius 1 is 1.16 bits per heavy atom. The summed E-state index contributed by atoms with van der Waals surface area (Å²) in [5.74, 6) is 0.215. The van der Waals surface area contributed by atoms with E-state index in [4.69, 9.17) is 0 Å². The fourth-order valence-electron chi connectivity index (χ4n) is 1.92. The van der Waals surface area contributed by atoms with Gasteiger partial charge in [0, 0.05) is 13.1 Å². The molecule has 0 unspecified atom stereocenters. The second-order valence-electron chi connectivity index (χ2n) is 5.13. The molecule has 0 aromatic heterocycles. The van der Waals surface area contributed by atoms with Crippen molar-refractivity contribution in [2.45, 2.75) is 33.7 Å². The molecule has 3 nitrogen and oxygen atoms in total. The molecule has 0 saturated carbocycles. The van der Waals surface area contributed by atoms with E-state index in [1.165, 1.54) is 11.1 Å². The maximum absolute atomic E-state index is 12.3. The molecule has 0 heterocycles. The average Bonchev–Trinajstić information content (AvgIpc) is 2.40. The minimum atomic E-state index is 0.215. The molecular weight excluding hydrogens is 236 g/mol. The first-order chi connectivity index (χ1) is 9.06. The van der Waals surface area contributed by atoms with Gasteiger partial charge in [-0.1, -0.05) is 43.7 Å². The van der Waals surface area contributed by atoms with Crippen LogP contribution >= 0.6 is 0 Å². The third kappa shape index (κ3) is 5.43. The van der Waals surface area contributed by atoms with Gasteiger partial charge in [0.15, 0.2) is 0 Å². The Morgan fingerprint density at radius 3 is 2.32 bits per heavy atom. The molecule has 0 spiro atoms. The Kier molecular flexibility index (Phi) is 6.57. The Labute approximate surface area is 117 Å². The zero-order chi connectivity index (χ0) is 14.3. The molecule has 1 rings (SSSR count). The molecule has 0 atom stereocenters. The molecule has 3 heteroatoms. The van der Waals surface area contributed by atoms with Crippen LogP contribution in [0.3, 0.4) is 0 Å². The number of amides is 1. The summed E-state index contributed by atoms with van der Waals surface area (Å²) in [7, 11) is 1.98. The first kappa shape index (κ1) is 15.7. The third-order valence-electron chi connectivity index (χ3n) is 3.29. The fourth-order valence-corrected chi connectivity index (χ4v) is 1.92. The van der Waals surface area contributed by atoms with Gasteiger partial charge < -0.3 is 4.90 Å². The standard InChI is InChI=1S/C16H26N2O/c1-5-11-18(16(19)13-17(4)6-2)12-15-9-7-14(3)8-10-15/h7-10H,5-6,11-13H2,1-4H3. The minimum Gasteiger partial charge on any atom is -0.337 e. The quantitative estimate of drug-likeness (QED) is 0.754. The number of benzene rings is 1. The van der Waals surface area contributed by atoms with E-state index in [0.717, 1.165) is 19.5 Å². The summed E-state index contributed by atoms with van der Waals surface area (Å²) in [6.45, 7) is 9.19. The molecule has 0 aliphatic carbocycles. The number of nitrogens with zero attached hydrogens (tertiary/aromatic N) is 2. The van der Waals surface area contributed by atoms with Crippen molar-refractivity contribution in [3.63, 3.8) is 0 Å². The lowest BCUT2D eigenvalue weighted by Crippen LogP contribution is -2.39. The van der Waals surface area contributed by atoms with Crippen LogP contribution < -0.4 is 0 Å². The van der Waals surface area contributed by atoms with Crippen LogP contribution in [0.2, 0.25) is 0 Å². The maximum Gasteiger partial charge on any atom is 0.237 e. The first-order valence-corrected chi connectivity index (χ1v) is 7.08. The van der Waals surface area contributed by atoms with Crippen molar-refractivity contribution in [3.8, 4) is 0 Å². The predicted octanol–water partition coefficient (Wildman–Crippen LogP) is 2.69. The summed E-state index contributed by atoms with van der Waals surface area (Å²) < 4.78 is 0. The Balaban J connectivity index is 2.66. The van der Waals surface area contributed by atoms with Crippen LogP contribution in [0.15, 0.2) is 24.3 Å². The maximum atomic E-state index is 12.3. The van der Waals surface area contributed by atoms with E-state index < -0.39 is 0 Å². The van der Waals surface area contributed by atoms with Crippen LogP contribution in [0.5, 0.6) is 0 Å². The van der Waals surface area contributed by atoms with Crippen molar-refractivity contribution in [1.82, 2.24) is 9.80 Å². The van der Waals surface area contributed by atoms with Crippen LogP contribution in [0.4, 0.5) is 0 Å². The van der Waals surface area contributed by atoms with Gasteiger partial charge in [-0.05, 0) is 32.5 Å². The monoisotopic (exact) mass is 262 g/mol. The number of hydrogen-bond donors (Lipinski definition) is 0. The first-order valence-electron chi connectivity index (χ1n) is 7.08. The van der Waals surface area contributed by atoms with Gasteiger partial charge in [0.05, 0.1) is 6.54 Å². The number of rotatable bonds is 7. The molecule has 106 valence electrons. The largest absolute Gasteiger partial charge is 0.337 e. The number of carbonyl (C=O) groups is 1. The summed E-state index contributed by atoms with van der Waals surface area (Å²) in [4.78, 5) is 16.3. The predicted molar refractivity (Wildman–Crippen MR) is 80.1 cm³/mol. The molecule has 0 bridgehead atoms. The molecule has 19 heavy (non-hydrogen) atoms. The van der Waals surface area contributed by atoms with Gasteiger partial charge in [0.2, 0.25) is 5.91 Å². The van der Waals surface area contributed by atoms with Crippen molar-refractivity contribution in [2.75, 3.05) is 26.7 Å².